The van der Waals surface area contributed by atoms with Crippen LogP contribution in [0.25, 0.3) is 0 Å². The van der Waals surface area contributed by atoms with E-state index >= 15 is 0 Å². The van der Waals surface area contributed by atoms with Gasteiger partial charge in [0.05, 0.1) is 5.92 Å². The summed E-state index contributed by atoms with van der Waals surface area (Å²) in [4.78, 5) is 35.6. The number of hydrogen-bond donors (Lipinski definition) is 2. The van der Waals surface area contributed by atoms with Gasteiger partial charge in [0.15, 0.2) is 6.61 Å². The molecule has 0 unspecified atom stereocenters. The average Bonchev–Trinajstić information content (AvgIpc) is 3.51. The summed E-state index contributed by atoms with van der Waals surface area (Å²) in [5.74, 6) is -0.589. The Hall–Kier alpha value is -2.63. The van der Waals surface area contributed by atoms with Gasteiger partial charge in [-0.1, -0.05) is 24.3 Å². The van der Waals surface area contributed by atoms with E-state index in [0.29, 0.717) is 13.0 Å². The van der Waals surface area contributed by atoms with Crippen molar-refractivity contribution in [2.24, 2.45) is 11.8 Å². The highest BCUT2D eigenvalue weighted by Gasteiger charge is 2.29. The van der Waals surface area contributed by atoms with Crippen LogP contribution in [0, 0.1) is 11.8 Å². The third kappa shape index (κ3) is 5.44. The van der Waals surface area contributed by atoms with E-state index in [4.69, 9.17) is 4.74 Å². The third-order valence-electron chi connectivity index (χ3n) is 4.58. The summed E-state index contributed by atoms with van der Waals surface area (Å²) in [6.07, 6.45) is 8.27. The van der Waals surface area contributed by atoms with E-state index in [1.54, 1.807) is 0 Å². The van der Waals surface area contributed by atoms with Gasteiger partial charge in [-0.3, -0.25) is 14.4 Å². The van der Waals surface area contributed by atoms with E-state index in [2.05, 4.69) is 16.7 Å². The summed E-state index contributed by atoms with van der Waals surface area (Å²) in [6, 6.07) is 7.36. The number of carbonyl (C=O) groups is 3. The minimum Gasteiger partial charge on any atom is -0.455 e. The Morgan fingerprint density at radius 3 is 2.65 bits per heavy atom. The van der Waals surface area contributed by atoms with Crippen molar-refractivity contribution in [1.82, 2.24) is 5.32 Å². The highest BCUT2D eigenvalue weighted by Crippen LogP contribution is 2.30. The standard InChI is InChI=1S/C20H24N2O4/c23-18(13-26-20(25)16-6-2-1-3-7-16)21-12-14-5-4-8-17(11-14)22-19(24)15-9-10-15/h1-2,4-5,8,11,15-16H,3,6-7,9-10,12-13H2,(H,21,23)(H,22,24)/t16-/m0/s1. The Kier molecular flexibility index (Phi) is 6.04. The van der Waals surface area contributed by atoms with Gasteiger partial charge in [0.1, 0.15) is 0 Å². The minimum absolute atomic E-state index is 0.0515. The van der Waals surface area contributed by atoms with Crippen LogP contribution in [0.3, 0.4) is 0 Å². The van der Waals surface area contributed by atoms with Crippen LogP contribution in [0.4, 0.5) is 5.69 Å². The van der Waals surface area contributed by atoms with Crippen molar-refractivity contribution in [2.45, 2.75) is 38.6 Å². The van der Waals surface area contributed by atoms with Crippen LogP contribution in [0.2, 0.25) is 0 Å². The lowest BCUT2D eigenvalue weighted by molar-refractivity contribution is -0.152. The Morgan fingerprint density at radius 1 is 1.08 bits per heavy atom. The second-order valence-corrected chi connectivity index (χ2v) is 6.83. The van der Waals surface area contributed by atoms with Crippen LogP contribution in [-0.2, 0) is 25.7 Å². The lowest BCUT2D eigenvalue weighted by Gasteiger charge is -2.16. The second-order valence-electron chi connectivity index (χ2n) is 6.83. The van der Waals surface area contributed by atoms with Crippen LogP contribution in [0.15, 0.2) is 36.4 Å². The van der Waals surface area contributed by atoms with Gasteiger partial charge < -0.3 is 15.4 Å². The predicted octanol–water partition coefficient (Wildman–Crippen LogP) is 2.55. The number of esters is 1. The van der Waals surface area contributed by atoms with E-state index in [0.717, 1.165) is 36.9 Å². The molecule has 1 aromatic rings. The molecule has 0 heterocycles. The Balaban J connectivity index is 1.40. The predicted molar refractivity (Wildman–Crippen MR) is 97.1 cm³/mol. The number of anilines is 1. The summed E-state index contributed by atoms with van der Waals surface area (Å²) >= 11 is 0. The maximum atomic E-state index is 11.9. The molecule has 6 nitrogen and oxygen atoms in total. The first-order chi connectivity index (χ1) is 12.6. The monoisotopic (exact) mass is 356 g/mol. The number of benzene rings is 1. The number of nitrogens with one attached hydrogen (secondary N) is 2. The van der Waals surface area contributed by atoms with Crippen molar-refractivity contribution in [3.8, 4) is 0 Å². The summed E-state index contributed by atoms with van der Waals surface area (Å²) < 4.78 is 5.10. The number of amides is 2. The normalized spacial score (nSPS) is 18.8. The summed E-state index contributed by atoms with van der Waals surface area (Å²) in [5.41, 5.74) is 1.60. The van der Waals surface area contributed by atoms with Crippen molar-refractivity contribution >= 4 is 23.5 Å². The Morgan fingerprint density at radius 2 is 1.92 bits per heavy atom. The molecule has 1 atom stereocenters. The average molecular weight is 356 g/mol. The fourth-order valence-electron chi connectivity index (χ4n) is 2.86. The quantitative estimate of drug-likeness (QED) is 0.581. The zero-order chi connectivity index (χ0) is 18.4. The number of allylic oxidation sites excluding steroid dienone is 2. The van der Waals surface area contributed by atoms with Crippen LogP contribution < -0.4 is 10.6 Å². The van der Waals surface area contributed by atoms with E-state index in [9.17, 15) is 14.4 Å². The molecule has 0 aromatic heterocycles. The number of rotatable bonds is 7. The van der Waals surface area contributed by atoms with Gasteiger partial charge in [0, 0.05) is 18.2 Å². The first kappa shape index (κ1) is 18.2. The van der Waals surface area contributed by atoms with Crippen molar-refractivity contribution in [3.63, 3.8) is 0 Å². The summed E-state index contributed by atoms with van der Waals surface area (Å²) in [5, 5.41) is 5.61. The van der Waals surface area contributed by atoms with E-state index in [1.807, 2.05) is 30.3 Å². The van der Waals surface area contributed by atoms with Gasteiger partial charge >= 0.3 is 5.97 Å². The van der Waals surface area contributed by atoms with Crippen molar-refractivity contribution in [2.75, 3.05) is 11.9 Å². The second kappa shape index (κ2) is 8.65. The molecule has 1 aromatic carbocycles. The first-order valence-electron chi connectivity index (χ1n) is 9.10. The molecule has 6 heteroatoms. The molecule has 0 saturated heterocycles. The molecule has 2 aliphatic rings. The molecule has 0 spiro atoms. The maximum Gasteiger partial charge on any atom is 0.309 e. The number of ether oxygens (including phenoxy) is 1. The van der Waals surface area contributed by atoms with Crippen LogP contribution in [0.5, 0.6) is 0 Å². The molecule has 0 radical (unpaired) electrons. The van der Waals surface area contributed by atoms with Crippen LogP contribution >= 0.6 is 0 Å². The first-order valence-corrected chi connectivity index (χ1v) is 9.10. The molecular weight excluding hydrogens is 332 g/mol. The zero-order valence-electron chi connectivity index (χ0n) is 14.7. The molecule has 0 aliphatic heterocycles. The van der Waals surface area contributed by atoms with E-state index in [-0.39, 0.29) is 36.2 Å². The lowest BCUT2D eigenvalue weighted by atomic mass is 9.95. The molecule has 26 heavy (non-hydrogen) atoms. The van der Waals surface area contributed by atoms with Gasteiger partial charge in [-0.15, -0.1) is 0 Å². The zero-order valence-corrected chi connectivity index (χ0v) is 14.7. The van der Waals surface area contributed by atoms with Gasteiger partial charge in [-0.25, -0.2) is 0 Å². The molecular formula is C20H24N2O4. The van der Waals surface area contributed by atoms with Gasteiger partial charge in [-0.05, 0) is 49.8 Å². The Bertz CT molecular complexity index is 710. The van der Waals surface area contributed by atoms with Crippen molar-refractivity contribution in [1.29, 1.82) is 0 Å². The number of carbonyl (C=O) groups excluding carboxylic acids is 3. The molecule has 2 amide bonds. The molecule has 2 N–H and O–H groups in total. The SMILES string of the molecule is O=C(COC(=O)[C@H]1CC=CCC1)NCc1cccc(NC(=O)C2CC2)c1. The van der Waals surface area contributed by atoms with Crippen LogP contribution in [0.1, 0.15) is 37.7 Å². The largest absolute Gasteiger partial charge is 0.455 e. The number of hydrogen-bond acceptors (Lipinski definition) is 4. The Labute approximate surface area is 153 Å². The van der Waals surface area contributed by atoms with Crippen LogP contribution in [-0.4, -0.2) is 24.4 Å². The van der Waals surface area contributed by atoms with E-state index < -0.39 is 0 Å². The molecule has 3 rings (SSSR count). The summed E-state index contributed by atoms with van der Waals surface area (Å²) in [7, 11) is 0. The summed E-state index contributed by atoms with van der Waals surface area (Å²) in [6.45, 7) is 0.0485. The molecule has 1 fully saturated rings. The highest BCUT2D eigenvalue weighted by atomic mass is 16.5. The molecule has 1 saturated carbocycles. The van der Waals surface area contributed by atoms with E-state index in [1.165, 1.54) is 0 Å². The topological polar surface area (TPSA) is 84.5 Å². The molecule has 138 valence electrons. The van der Waals surface area contributed by atoms with Crippen molar-refractivity contribution in [3.05, 3.63) is 42.0 Å². The van der Waals surface area contributed by atoms with Crippen molar-refractivity contribution < 1.29 is 19.1 Å². The highest BCUT2D eigenvalue weighted by molar-refractivity contribution is 5.94. The van der Waals surface area contributed by atoms with Gasteiger partial charge in [0.2, 0.25) is 5.91 Å². The molecule has 2 aliphatic carbocycles. The fraction of sp³-hybridized carbons (Fsp3) is 0.450. The minimum atomic E-state index is -0.336. The lowest BCUT2D eigenvalue weighted by Crippen LogP contribution is -2.30. The van der Waals surface area contributed by atoms with Gasteiger partial charge in [-0.2, -0.15) is 0 Å². The maximum absolute atomic E-state index is 11.9. The third-order valence-corrected chi connectivity index (χ3v) is 4.58. The molecule has 0 bridgehead atoms. The smallest absolute Gasteiger partial charge is 0.309 e. The van der Waals surface area contributed by atoms with Gasteiger partial charge in [0.25, 0.3) is 5.91 Å². The fourth-order valence-corrected chi connectivity index (χ4v) is 2.86.